The highest BCUT2D eigenvalue weighted by atomic mass is 35.5. The summed E-state index contributed by atoms with van der Waals surface area (Å²) in [4.78, 5) is 15.5. The molecule has 0 spiro atoms. The van der Waals surface area contributed by atoms with Crippen molar-refractivity contribution in [3.8, 4) is 5.88 Å². The van der Waals surface area contributed by atoms with Crippen LogP contribution in [0.1, 0.15) is 50.4 Å². The number of fused-ring (bicyclic) bond motifs is 3. The lowest BCUT2D eigenvalue weighted by atomic mass is 9.65. The standard InChI is InChI=1S/C25H26Cl2N4O4S/c1-24(2)10-16-11-25(3,12-24)13-31(16)36(34,35)17-6-4-14(5-7-17)22(32)30-29-21-18-8-15(26)9-19(27)20(18)28-23(21)33/h4-9,16,28,33H,10-13H2,1-3H3/t16-,25-/m1/s1. The average Bonchev–Trinajstić information content (AvgIpc) is 3.23. The Morgan fingerprint density at radius 3 is 2.53 bits per heavy atom. The highest BCUT2D eigenvalue weighted by molar-refractivity contribution is 7.89. The molecule has 1 saturated carbocycles. The molecule has 5 rings (SSSR count). The lowest BCUT2D eigenvalue weighted by Crippen LogP contribution is -2.37. The fraction of sp³-hybridized carbons (Fsp3) is 0.400. The number of carbonyl (C=O) groups excluding carboxylic acids is 1. The largest absolute Gasteiger partial charge is 0.493 e. The molecular formula is C25H26Cl2N4O4S. The van der Waals surface area contributed by atoms with Crippen molar-refractivity contribution >= 4 is 55.7 Å². The Kier molecular flexibility index (Phi) is 5.98. The van der Waals surface area contributed by atoms with Gasteiger partial charge in [0.25, 0.3) is 5.91 Å². The van der Waals surface area contributed by atoms with Crippen LogP contribution in [0.3, 0.4) is 0 Å². The molecule has 1 aliphatic heterocycles. The monoisotopic (exact) mass is 548 g/mol. The third-order valence-electron chi connectivity index (χ3n) is 7.09. The number of aromatic nitrogens is 1. The van der Waals surface area contributed by atoms with E-state index in [1.165, 1.54) is 30.3 Å². The molecule has 2 fully saturated rings. The van der Waals surface area contributed by atoms with Crippen molar-refractivity contribution in [1.29, 1.82) is 0 Å². The number of aromatic hydroxyl groups is 1. The van der Waals surface area contributed by atoms with E-state index in [9.17, 15) is 18.3 Å². The fourth-order valence-electron chi connectivity index (χ4n) is 6.04. The number of hydrogen-bond acceptors (Lipinski definition) is 5. The number of sulfonamides is 1. The maximum Gasteiger partial charge on any atom is 0.295 e. The van der Waals surface area contributed by atoms with E-state index in [0.717, 1.165) is 19.3 Å². The van der Waals surface area contributed by atoms with Crippen LogP contribution < -0.4 is 0 Å². The zero-order valence-electron chi connectivity index (χ0n) is 20.0. The first kappa shape index (κ1) is 25.2. The van der Waals surface area contributed by atoms with E-state index in [0.29, 0.717) is 22.5 Å². The summed E-state index contributed by atoms with van der Waals surface area (Å²) in [6.07, 6.45) is 2.69. The minimum absolute atomic E-state index is 0.0234. The van der Waals surface area contributed by atoms with Crippen molar-refractivity contribution in [2.45, 2.75) is 51.0 Å². The molecule has 2 heterocycles. The molecule has 36 heavy (non-hydrogen) atoms. The van der Waals surface area contributed by atoms with Crippen LogP contribution in [0, 0.1) is 10.8 Å². The molecule has 1 aromatic heterocycles. The Morgan fingerprint density at radius 2 is 1.83 bits per heavy atom. The molecule has 190 valence electrons. The predicted molar refractivity (Wildman–Crippen MR) is 139 cm³/mol. The number of azo groups is 1. The van der Waals surface area contributed by atoms with Gasteiger partial charge in [-0.25, -0.2) is 8.42 Å². The number of hydrogen-bond donors (Lipinski definition) is 2. The lowest BCUT2D eigenvalue weighted by Gasteiger charge is -2.39. The van der Waals surface area contributed by atoms with Crippen LogP contribution in [-0.4, -0.2) is 41.3 Å². The van der Waals surface area contributed by atoms with E-state index in [1.54, 1.807) is 10.4 Å². The third kappa shape index (κ3) is 4.42. The van der Waals surface area contributed by atoms with E-state index in [-0.39, 0.29) is 43.9 Å². The summed E-state index contributed by atoms with van der Waals surface area (Å²) in [5.74, 6) is -0.994. The third-order valence-corrected chi connectivity index (χ3v) is 9.52. The molecule has 2 aliphatic rings. The maximum absolute atomic E-state index is 13.5. The van der Waals surface area contributed by atoms with Gasteiger partial charge in [-0.1, -0.05) is 44.0 Å². The van der Waals surface area contributed by atoms with Crippen molar-refractivity contribution in [3.05, 3.63) is 52.0 Å². The molecule has 1 amide bonds. The predicted octanol–water partition coefficient (Wildman–Crippen LogP) is 6.69. The number of aromatic amines is 1. The van der Waals surface area contributed by atoms with Gasteiger partial charge in [0.05, 0.1) is 15.4 Å². The van der Waals surface area contributed by atoms with Gasteiger partial charge >= 0.3 is 0 Å². The maximum atomic E-state index is 13.5. The molecular weight excluding hydrogens is 523 g/mol. The summed E-state index contributed by atoms with van der Waals surface area (Å²) in [5, 5.41) is 18.8. The Balaban J connectivity index is 1.37. The van der Waals surface area contributed by atoms with E-state index in [1.807, 2.05) is 0 Å². The summed E-state index contributed by atoms with van der Waals surface area (Å²) in [6.45, 7) is 7.06. The lowest BCUT2D eigenvalue weighted by molar-refractivity contribution is 0.0995. The topological polar surface area (TPSA) is 115 Å². The number of nitrogens with zero attached hydrogens (tertiary/aromatic N) is 3. The number of benzene rings is 2. The molecule has 2 bridgehead atoms. The van der Waals surface area contributed by atoms with Crippen LogP contribution in [0.4, 0.5) is 5.69 Å². The van der Waals surface area contributed by atoms with E-state index in [4.69, 9.17) is 23.2 Å². The summed E-state index contributed by atoms with van der Waals surface area (Å²) < 4.78 is 28.5. The zero-order chi connectivity index (χ0) is 26.0. The first-order chi connectivity index (χ1) is 16.8. The van der Waals surface area contributed by atoms with Gasteiger partial charge in [0.15, 0.2) is 5.69 Å². The van der Waals surface area contributed by atoms with Crippen LogP contribution in [-0.2, 0) is 10.0 Å². The van der Waals surface area contributed by atoms with Crippen LogP contribution in [0.5, 0.6) is 5.88 Å². The van der Waals surface area contributed by atoms with Crippen LogP contribution >= 0.6 is 23.2 Å². The minimum atomic E-state index is -3.70. The molecule has 2 atom stereocenters. The number of rotatable bonds is 4. The number of amides is 1. The number of halogens is 2. The molecule has 11 heteroatoms. The van der Waals surface area contributed by atoms with Gasteiger partial charge in [-0.3, -0.25) is 4.79 Å². The van der Waals surface area contributed by atoms with Gasteiger partial charge in [-0.15, -0.1) is 10.2 Å². The van der Waals surface area contributed by atoms with Crippen LogP contribution in [0.15, 0.2) is 51.5 Å². The first-order valence-corrected chi connectivity index (χ1v) is 13.8. The summed E-state index contributed by atoms with van der Waals surface area (Å²) in [5.41, 5.74) is 0.676. The minimum Gasteiger partial charge on any atom is -0.493 e. The normalized spacial score (nSPS) is 24.1. The van der Waals surface area contributed by atoms with Gasteiger partial charge in [0.2, 0.25) is 15.9 Å². The van der Waals surface area contributed by atoms with Gasteiger partial charge in [-0.2, -0.15) is 4.31 Å². The van der Waals surface area contributed by atoms with Crippen molar-refractivity contribution in [1.82, 2.24) is 9.29 Å². The van der Waals surface area contributed by atoms with Crippen LogP contribution in [0.2, 0.25) is 10.0 Å². The number of carbonyl (C=O) groups is 1. The molecule has 2 aromatic carbocycles. The molecule has 3 aromatic rings. The zero-order valence-corrected chi connectivity index (χ0v) is 22.4. The highest BCUT2D eigenvalue weighted by Gasteiger charge is 2.53. The Hall–Kier alpha value is -2.46. The Bertz CT molecular complexity index is 1520. The van der Waals surface area contributed by atoms with Crippen molar-refractivity contribution in [3.63, 3.8) is 0 Å². The molecule has 0 unspecified atom stereocenters. The van der Waals surface area contributed by atoms with Crippen molar-refractivity contribution in [2.24, 2.45) is 21.1 Å². The van der Waals surface area contributed by atoms with Gasteiger partial charge in [-0.05, 0) is 66.5 Å². The fourth-order valence-corrected chi connectivity index (χ4v) is 8.36. The Labute approximate surface area is 219 Å². The molecule has 1 aliphatic carbocycles. The second-order valence-corrected chi connectivity index (χ2v) is 13.7. The molecule has 1 saturated heterocycles. The van der Waals surface area contributed by atoms with Crippen molar-refractivity contribution in [2.75, 3.05) is 6.54 Å². The smallest absolute Gasteiger partial charge is 0.295 e. The number of nitrogens with one attached hydrogen (secondary N) is 1. The van der Waals surface area contributed by atoms with Crippen molar-refractivity contribution < 1.29 is 18.3 Å². The quantitative estimate of drug-likeness (QED) is 0.353. The second kappa shape index (κ2) is 8.55. The SMILES string of the molecule is CC1(C)C[C@@H]2C[C@@](C)(CN2S(=O)(=O)c2ccc(C(=O)N=Nc3c(O)[nH]c4c(Cl)cc(Cl)cc34)cc2)C1. The Morgan fingerprint density at radius 1 is 1.14 bits per heavy atom. The van der Waals surface area contributed by atoms with E-state index < -0.39 is 15.9 Å². The van der Waals surface area contributed by atoms with E-state index in [2.05, 4.69) is 36.0 Å². The summed E-state index contributed by atoms with van der Waals surface area (Å²) >= 11 is 12.2. The van der Waals surface area contributed by atoms with Gasteiger partial charge in [0, 0.05) is 28.6 Å². The highest BCUT2D eigenvalue weighted by Crippen LogP contribution is 2.53. The number of H-pyrrole nitrogens is 1. The molecule has 0 radical (unpaired) electrons. The van der Waals surface area contributed by atoms with Gasteiger partial charge < -0.3 is 10.1 Å². The first-order valence-electron chi connectivity index (χ1n) is 11.6. The van der Waals surface area contributed by atoms with Crippen LogP contribution in [0.25, 0.3) is 10.9 Å². The average molecular weight is 549 g/mol. The van der Waals surface area contributed by atoms with E-state index >= 15 is 0 Å². The molecule has 8 nitrogen and oxygen atoms in total. The molecule has 2 N–H and O–H groups in total. The summed E-state index contributed by atoms with van der Waals surface area (Å²) in [7, 11) is -3.70. The second-order valence-electron chi connectivity index (χ2n) is 10.9. The summed E-state index contributed by atoms with van der Waals surface area (Å²) in [6, 6.07) is 8.73. The van der Waals surface area contributed by atoms with Gasteiger partial charge in [0.1, 0.15) is 0 Å².